The predicted octanol–water partition coefficient (Wildman–Crippen LogP) is 3.64. The quantitative estimate of drug-likeness (QED) is 0.469. The van der Waals surface area contributed by atoms with Crippen LogP contribution in [0.15, 0.2) is 53.4 Å². The Hall–Kier alpha value is -2.88. The molecule has 2 aromatic carbocycles. The second kappa shape index (κ2) is 10.2. The summed E-state index contributed by atoms with van der Waals surface area (Å²) in [6.45, 7) is 7.21. The fourth-order valence-corrected chi connectivity index (χ4v) is 5.65. The zero-order valence-electron chi connectivity index (χ0n) is 20.6. The van der Waals surface area contributed by atoms with Crippen LogP contribution in [0.25, 0.3) is 0 Å². The van der Waals surface area contributed by atoms with Crippen molar-refractivity contribution in [3.8, 4) is 11.5 Å². The van der Waals surface area contributed by atoms with Gasteiger partial charge in [-0.2, -0.15) is 9.40 Å². The van der Waals surface area contributed by atoms with Crippen LogP contribution in [-0.4, -0.2) is 48.4 Å². The number of aliphatic hydroxyl groups is 1. The number of aryl methyl sites for hydroxylation is 1. The summed E-state index contributed by atoms with van der Waals surface area (Å²) < 4.78 is 41.5. The SMILES string of the molecule is COc1ccc(CN(Cc2ccc(OC)cc2)S(=O)(=O)c2c(C)nn(C(C)(C)CO)c2C)cc1. The third-order valence-corrected chi connectivity index (χ3v) is 7.86. The van der Waals surface area contributed by atoms with E-state index in [0.717, 1.165) is 11.1 Å². The number of hydrogen-bond acceptors (Lipinski definition) is 6. The first kappa shape index (κ1) is 25.7. The molecule has 1 heterocycles. The highest BCUT2D eigenvalue weighted by atomic mass is 32.2. The van der Waals surface area contributed by atoms with Crippen molar-refractivity contribution >= 4 is 10.0 Å². The predicted molar refractivity (Wildman–Crippen MR) is 131 cm³/mol. The smallest absolute Gasteiger partial charge is 0.247 e. The molecule has 0 amide bonds. The van der Waals surface area contributed by atoms with E-state index in [2.05, 4.69) is 5.10 Å². The molecule has 9 heteroatoms. The van der Waals surface area contributed by atoms with E-state index in [-0.39, 0.29) is 24.6 Å². The average molecular weight is 488 g/mol. The molecule has 0 fully saturated rings. The molecule has 0 aliphatic heterocycles. The van der Waals surface area contributed by atoms with Crippen LogP contribution in [0, 0.1) is 13.8 Å². The number of sulfonamides is 1. The van der Waals surface area contributed by atoms with Crippen molar-refractivity contribution in [1.82, 2.24) is 14.1 Å². The molecule has 3 rings (SSSR count). The summed E-state index contributed by atoms with van der Waals surface area (Å²) in [7, 11) is -0.752. The van der Waals surface area contributed by atoms with Gasteiger partial charge in [-0.15, -0.1) is 0 Å². The number of aliphatic hydroxyl groups excluding tert-OH is 1. The lowest BCUT2D eigenvalue weighted by atomic mass is 10.1. The van der Waals surface area contributed by atoms with E-state index in [1.165, 1.54) is 4.31 Å². The maximum Gasteiger partial charge on any atom is 0.247 e. The lowest BCUT2D eigenvalue weighted by Gasteiger charge is -2.25. The normalized spacial score (nSPS) is 12.2. The Morgan fingerprint density at radius 1 is 0.912 bits per heavy atom. The molecule has 0 saturated heterocycles. The Bertz CT molecular complexity index is 1170. The van der Waals surface area contributed by atoms with Crippen LogP contribution in [-0.2, 0) is 28.7 Å². The molecular formula is C25H33N3O5S. The maximum absolute atomic E-state index is 14.0. The molecule has 34 heavy (non-hydrogen) atoms. The number of nitrogens with zero attached hydrogens (tertiary/aromatic N) is 3. The Morgan fingerprint density at radius 3 is 1.74 bits per heavy atom. The van der Waals surface area contributed by atoms with Crippen LogP contribution < -0.4 is 9.47 Å². The van der Waals surface area contributed by atoms with Gasteiger partial charge in [-0.25, -0.2) is 8.42 Å². The monoisotopic (exact) mass is 487 g/mol. The van der Waals surface area contributed by atoms with Crippen LogP contribution in [0.3, 0.4) is 0 Å². The summed E-state index contributed by atoms with van der Waals surface area (Å²) in [4.78, 5) is 0.163. The summed E-state index contributed by atoms with van der Waals surface area (Å²) in [6, 6.07) is 14.7. The number of aromatic nitrogens is 2. The number of rotatable bonds is 10. The molecule has 184 valence electrons. The van der Waals surface area contributed by atoms with Crippen molar-refractivity contribution in [3.05, 3.63) is 71.0 Å². The van der Waals surface area contributed by atoms with Crippen LogP contribution in [0.5, 0.6) is 11.5 Å². The zero-order chi connectivity index (χ0) is 25.1. The summed E-state index contributed by atoms with van der Waals surface area (Å²) in [5.74, 6) is 1.40. The first-order valence-corrected chi connectivity index (χ1v) is 12.4. The highest BCUT2D eigenvalue weighted by molar-refractivity contribution is 7.89. The van der Waals surface area contributed by atoms with Crippen LogP contribution in [0.1, 0.15) is 36.4 Å². The van der Waals surface area contributed by atoms with Gasteiger partial charge in [0.2, 0.25) is 10.0 Å². The summed E-state index contributed by atoms with van der Waals surface area (Å²) in [6.07, 6.45) is 0. The van der Waals surface area contributed by atoms with Crippen LogP contribution >= 0.6 is 0 Å². The Balaban J connectivity index is 2.06. The highest BCUT2D eigenvalue weighted by Crippen LogP contribution is 2.30. The molecule has 8 nitrogen and oxygen atoms in total. The van der Waals surface area contributed by atoms with E-state index in [0.29, 0.717) is 22.9 Å². The van der Waals surface area contributed by atoms with E-state index in [1.807, 2.05) is 62.4 Å². The lowest BCUT2D eigenvalue weighted by molar-refractivity contribution is 0.149. The van der Waals surface area contributed by atoms with E-state index in [9.17, 15) is 13.5 Å². The van der Waals surface area contributed by atoms with Crippen LogP contribution in [0.4, 0.5) is 0 Å². The number of benzene rings is 2. The first-order chi connectivity index (χ1) is 16.0. The summed E-state index contributed by atoms with van der Waals surface area (Å²) in [5.41, 5.74) is 1.81. The van der Waals surface area contributed by atoms with E-state index < -0.39 is 15.6 Å². The first-order valence-electron chi connectivity index (χ1n) is 11.0. The van der Waals surface area contributed by atoms with Gasteiger partial charge < -0.3 is 14.6 Å². The van der Waals surface area contributed by atoms with Crippen molar-refractivity contribution in [3.63, 3.8) is 0 Å². The van der Waals surface area contributed by atoms with Crippen molar-refractivity contribution < 1.29 is 23.0 Å². The molecule has 0 atom stereocenters. The van der Waals surface area contributed by atoms with Gasteiger partial charge in [-0.1, -0.05) is 24.3 Å². The second-order valence-corrected chi connectivity index (χ2v) is 10.7. The van der Waals surface area contributed by atoms with E-state index >= 15 is 0 Å². The fraction of sp³-hybridized carbons (Fsp3) is 0.400. The Morgan fingerprint density at radius 2 is 1.35 bits per heavy atom. The highest BCUT2D eigenvalue weighted by Gasteiger charge is 2.34. The minimum Gasteiger partial charge on any atom is -0.497 e. The Labute approximate surface area is 201 Å². The molecule has 0 aliphatic rings. The molecule has 0 aliphatic carbocycles. The fourth-order valence-electron chi connectivity index (χ4n) is 3.88. The minimum absolute atomic E-state index is 0.163. The molecule has 3 aromatic rings. The minimum atomic E-state index is -3.93. The second-order valence-electron chi connectivity index (χ2n) is 8.85. The third kappa shape index (κ3) is 5.27. The number of ether oxygens (including phenoxy) is 2. The van der Waals surface area contributed by atoms with Gasteiger partial charge in [0.1, 0.15) is 16.4 Å². The van der Waals surface area contributed by atoms with Gasteiger partial charge >= 0.3 is 0 Å². The number of hydrogen-bond donors (Lipinski definition) is 1. The van der Waals surface area contributed by atoms with Gasteiger partial charge in [-0.3, -0.25) is 4.68 Å². The molecule has 1 aromatic heterocycles. The number of methoxy groups -OCH3 is 2. The Kier molecular flexibility index (Phi) is 7.70. The summed E-state index contributed by atoms with van der Waals surface area (Å²) >= 11 is 0. The molecule has 1 N–H and O–H groups in total. The molecule has 0 unspecified atom stereocenters. The van der Waals surface area contributed by atoms with E-state index in [4.69, 9.17) is 9.47 Å². The molecular weight excluding hydrogens is 454 g/mol. The summed E-state index contributed by atoms with van der Waals surface area (Å²) in [5, 5.41) is 14.3. The molecule has 0 bridgehead atoms. The maximum atomic E-state index is 14.0. The third-order valence-electron chi connectivity index (χ3n) is 5.82. The largest absolute Gasteiger partial charge is 0.497 e. The van der Waals surface area contributed by atoms with Crippen molar-refractivity contribution in [2.45, 2.75) is 51.2 Å². The van der Waals surface area contributed by atoms with Gasteiger partial charge in [0.25, 0.3) is 0 Å². The molecule has 0 radical (unpaired) electrons. The lowest BCUT2D eigenvalue weighted by Crippen LogP contribution is -2.33. The van der Waals surface area contributed by atoms with Gasteiger partial charge in [0.15, 0.2) is 0 Å². The van der Waals surface area contributed by atoms with Crippen molar-refractivity contribution in [2.24, 2.45) is 0 Å². The van der Waals surface area contributed by atoms with Crippen molar-refractivity contribution in [1.29, 1.82) is 0 Å². The molecule has 0 saturated carbocycles. The van der Waals surface area contributed by atoms with Gasteiger partial charge in [0.05, 0.1) is 37.8 Å². The molecule has 0 spiro atoms. The van der Waals surface area contributed by atoms with Gasteiger partial charge in [-0.05, 0) is 63.1 Å². The van der Waals surface area contributed by atoms with Gasteiger partial charge in [0, 0.05) is 13.1 Å². The average Bonchev–Trinajstić information content (AvgIpc) is 3.14. The van der Waals surface area contributed by atoms with Crippen molar-refractivity contribution in [2.75, 3.05) is 20.8 Å². The topological polar surface area (TPSA) is 93.9 Å². The standard InChI is InChI=1S/C25H33N3O5S/c1-18-24(19(2)28(26-18)25(3,4)17-29)34(30,31)27(15-20-7-11-22(32-5)12-8-20)16-21-9-13-23(33-6)14-10-21/h7-14,29H,15-17H2,1-6H3. The van der Waals surface area contributed by atoms with E-state index in [1.54, 1.807) is 32.7 Å². The van der Waals surface area contributed by atoms with Crippen LogP contribution in [0.2, 0.25) is 0 Å². The zero-order valence-corrected chi connectivity index (χ0v) is 21.4.